The minimum absolute atomic E-state index is 0.00608. The van der Waals surface area contributed by atoms with Gasteiger partial charge >= 0.3 is 5.97 Å². The van der Waals surface area contributed by atoms with E-state index >= 15 is 0 Å². The lowest BCUT2D eigenvalue weighted by Crippen LogP contribution is -2.35. The lowest BCUT2D eigenvalue weighted by molar-refractivity contribution is -0.152. The maximum atomic E-state index is 13.0. The van der Waals surface area contributed by atoms with Crippen LogP contribution in [0.5, 0.6) is 0 Å². The van der Waals surface area contributed by atoms with E-state index in [0.717, 1.165) is 24.3 Å². The number of esters is 1. The highest BCUT2D eigenvalue weighted by Crippen LogP contribution is 2.22. The van der Waals surface area contributed by atoms with Crippen molar-refractivity contribution in [1.29, 1.82) is 0 Å². The van der Waals surface area contributed by atoms with Gasteiger partial charge in [-0.3, -0.25) is 14.4 Å². The number of halogens is 3. The van der Waals surface area contributed by atoms with E-state index in [1.807, 2.05) is 0 Å². The average molecular weight is 397 g/mol. The standard InChI is InChI=1S/C18H15ClF2N2O4/c1-10(17(25)23-15-7-6-13(21)8-14(15)19)27-16(24)9-22-18(26)11-2-4-12(20)5-3-11/h2-8,10H,9H2,1H3,(H,22,26)(H,23,25)/t10-/m1/s1. The highest BCUT2D eigenvalue weighted by molar-refractivity contribution is 6.33. The van der Waals surface area contributed by atoms with Gasteiger partial charge in [-0.15, -0.1) is 0 Å². The van der Waals surface area contributed by atoms with Crippen LogP contribution in [0.25, 0.3) is 0 Å². The fourth-order valence-electron chi connectivity index (χ4n) is 1.97. The van der Waals surface area contributed by atoms with Crippen molar-refractivity contribution in [2.24, 2.45) is 0 Å². The zero-order chi connectivity index (χ0) is 20.0. The SMILES string of the molecule is C[C@@H](OC(=O)CNC(=O)c1ccc(F)cc1)C(=O)Nc1ccc(F)cc1Cl. The highest BCUT2D eigenvalue weighted by Gasteiger charge is 2.19. The summed E-state index contributed by atoms with van der Waals surface area (Å²) in [5, 5.41) is 4.69. The number of carbonyl (C=O) groups is 3. The van der Waals surface area contributed by atoms with E-state index in [1.54, 1.807) is 0 Å². The predicted octanol–water partition coefficient (Wildman–Crippen LogP) is 2.92. The molecule has 0 aromatic heterocycles. The summed E-state index contributed by atoms with van der Waals surface area (Å²) in [7, 11) is 0. The molecule has 6 nitrogen and oxygen atoms in total. The Morgan fingerprint density at radius 2 is 1.70 bits per heavy atom. The summed E-state index contributed by atoms with van der Waals surface area (Å²) in [5.41, 5.74) is 0.330. The van der Waals surface area contributed by atoms with Crippen molar-refractivity contribution in [3.05, 3.63) is 64.7 Å². The van der Waals surface area contributed by atoms with Crippen molar-refractivity contribution in [2.75, 3.05) is 11.9 Å². The van der Waals surface area contributed by atoms with Gasteiger partial charge in [-0.05, 0) is 49.4 Å². The van der Waals surface area contributed by atoms with Gasteiger partial charge in [0.2, 0.25) is 0 Å². The zero-order valence-corrected chi connectivity index (χ0v) is 14.8. The van der Waals surface area contributed by atoms with Crippen LogP contribution in [0.1, 0.15) is 17.3 Å². The van der Waals surface area contributed by atoms with E-state index in [-0.39, 0.29) is 16.3 Å². The molecule has 2 N–H and O–H groups in total. The molecule has 27 heavy (non-hydrogen) atoms. The first-order chi connectivity index (χ1) is 12.8. The van der Waals surface area contributed by atoms with Crippen LogP contribution in [0.4, 0.5) is 14.5 Å². The lowest BCUT2D eigenvalue weighted by Gasteiger charge is -2.14. The van der Waals surface area contributed by atoms with Gasteiger partial charge in [0.05, 0.1) is 10.7 Å². The van der Waals surface area contributed by atoms with Crippen LogP contribution in [0.2, 0.25) is 5.02 Å². The number of amides is 2. The summed E-state index contributed by atoms with van der Waals surface area (Å²) in [6.45, 7) is 0.845. The molecule has 2 aromatic rings. The van der Waals surface area contributed by atoms with Crippen molar-refractivity contribution in [2.45, 2.75) is 13.0 Å². The van der Waals surface area contributed by atoms with Crippen molar-refractivity contribution >= 4 is 35.1 Å². The first kappa shape index (κ1) is 20.3. The van der Waals surface area contributed by atoms with Gasteiger partial charge < -0.3 is 15.4 Å². The van der Waals surface area contributed by atoms with Crippen LogP contribution >= 0.6 is 11.6 Å². The molecular weight excluding hydrogens is 382 g/mol. The van der Waals surface area contributed by atoms with Crippen molar-refractivity contribution in [3.8, 4) is 0 Å². The fraction of sp³-hybridized carbons (Fsp3) is 0.167. The van der Waals surface area contributed by atoms with Crippen LogP contribution in [0, 0.1) is 11.6 Å². The van der Waals surface area contributed by atoms with Gasteiger partial charge in [-0.1, -0.05) is 11.6 Å². The number of hydrogen-bond acceptors (Lipinski definition) is 4. The molecule has 0 aliphatic carbocycles. The zero-order valence-electron chi connectivity index (χ0n) is 14.1. The monoisotopic (exact) mass is 396 g/mol. The molecule has 2 rings (SSSR count). The molecule has 1 atom stereocenters. The van der Waals surface area contributed by atoms with Crippen LogP contribution in [-0.2, 0) is 14.3 Å². The Hall–Kier alpha value is -3.00. The van der Waals surface area contributed by atoms with Crippen LogP contribution in [-0.4, -0.2) is 30.4 Å². The quantitative estimate of drug-likeness (QED) is 0.735. The average Bonchev–Trinajstić information content (AvgIpc) is 2.62. The van der Waals surface area contributed by atoms with E-state index in [2.05, 4.69) is 10.6 Å². The van der Waals surface area contributed by atoms with Gasteiger partial charge in [-0.2, -0.15) is 0 Å². The van der Waals surface area contributed by atoms with Gasteiger partial charge in [0.15, 0.2) is 6.10 Å². The van der Waals surface area contributed by atoms with E-state index in [1.165, 1.54) is 25.1 Å². The Kier molecular flexibility index (Phi) is 6.84. The molecule has 142 valence electrons. The summed E-state index contributed by atoms with van der Waals surface area (Å²) in [6.07, 6.45) is -1.18. The molecule has 0 spiro atoms. The summed E-state index contributed by atoms with van der Waals surface area (Å²) < 4.78 is 30.7. The number of rotatable bonds is 6. The molecule has 0 aliphatic rings. The van der Waals surface area contributed by atoms with Gasteiger partial charge in [0.1, 0.15) is 18.2 Å². The molecule has 0 saturated heterocycles. The molecule has 0 heterocycles. The van der Waals surface area contributed by atoms with Crippen molar-refractivity contribution in [3.63, 3.8) is 0 Å². The number of anilines is 1. The summed E-state index contributed by atoms with van der Waals surface area (Å²) in [6, 6.07) is 8.16. The molecular formula is C18H15ClF2N2O4. The molecule has 0 saturated carbocycles. The summed E-state index contributed by atoms with van der Waals surface area (Å²) >= 11 is 5.80. The third kappa shape index (κ3) is 6.03. The molecule has 0 fully saturated rings. The van der Waals surface area contributed by atoms with E-state index in [4.69, 9.17) is 16.3 Å². The predicted molar refractivity (Wildman–Crippen MR) is 94.3 cm³/mol. The van der Waals surface area contributed by atoms with Gasteiger partial charge in [-0.25, -0.2) is 8.78 Å². The summed E-state index contributed by atoms with van der Waals surface area (Å²) in [4.78, 5) is 35.6. The second kappa shape index (κ2) is 9.09. The second-order valence-electron chi connectivity index (χ2n) is 5.44. The van der Waals surface area contributed by atoms with Crippen LogP contribution < -0.4 is 10.6 Å². The number of benzene rings is 2. The Morgan fingerprint density at radius 3 is 2.33 bits per heavy atom. The lowest BCUT2D eigenvalue weighted by atomic mass is 10.2. The Bertz CT molecular complexity index is 859. The third-order valence-electron chi connectivity index (χ3n) is 3.37. The van der Waals surface area contributed by atoms with E-state index < -0.39 is 42.1 Å². The minimum atomic E-state index is -1.18. The maximum Gasteiger partial charge on any atom is 0.326 e. The van der Waals surface area contributed by atoms with Gasteiger partial charge in [0.25, 0.3) is 11.8 Å². The molecule has 0 bridgehead atoms. The number of nitrogens with one attached hydrogen (secondary N) is 2. The molecule has 2 amide bonds. The Morgan fingerprint density at radius 1 is 1.07 bits per heavy atom. The third-order valence-corrected chi connectivity index (χ3v) is 3.68. The summed E-state index contributed by atoms with van der Waals surface area (Å²) in [5.74, 6) is -3.18. The highest BCUT2D eigenvalue weighted by atomic mass is 35.5. The van der Waals surface area contributed by atoms with Crippen LogP contribution in [0.3, 0.4) is 0 Å². The molecule has 0 aliphatic heterocycles. The largest absolute Gasteiger partial charge is 0.451 e. The molecule has 0 unspecified atom stereocenters. The van der Waals surface area contributed by atoms with Crippen LogP contribution in [0.15, 0.2) is 42.5 Å². The normalized spacial score (nSPS) is 11.4. The Labute approximate surface area is 158 Å². The molecule has 2 aromatic carbocycles. The fourth-order valence-corrected chi connectivity index (χ4v) is 2.19. The first-order valence-electron chi connectivity index (χ1n) is 7.75. The molecule has 9 heteroatoms. The topological polar surface area (TPSA) is 84.5 Å². The smallest absolute Gasteiger partial charge is 0.326 e. The molecule has 0 radical (unpaired) electrons. The maximum absolute atomic E-state index is 13.0. The minimum Gasteiger partial charge on any atom is -0.451 e. The number of ether oxygens (including phenoxy) is 1. The Balaban J connectivity index is 1.82. The van der Waals surface area contributed by atoms with Crippen molar-refractivity contribution < 1.29 is 27.9 Å². The number of carbonyl (C=O) groups excluding carboxylic acids is 3. The number of hydrogen-bond donors (Lipinski definition) is 2. The van der Waals surface area contributed by atoms with Crippen molar-refractivity contribution in [1.82, 2.24) is 5.32 Å². The second-order valence-corrected chi connectivity index (χ2v) is 5.84. The van der Waals surface area contributed by atoms with E-state index in [9.17, 15) is 23.2 Å². The van der Waals surface area contributed by atoms with Gasteiger partial charge in [0, 0.05) is 5.56 Å². The van der Waals surface area contributed by atoms with E-state index in [0.29, 0.717) is 0 Å². The first-order valence-corrected chi connectivity index (χ1v) is 8.13.